The summed E-state index contributed by atoms with van der Waals surface area (Å²) in [5, 5.41) is 6.01. The number of aromatic nitrogens is 2. The van der Waals surface area contributed by atoms with Gasteiger partial charge in [-0.15, -0.1) is 0 Å². The van der Waals surface area contributed by atoms with Crippen molar-refractivity contribution in [1.29, 1.82) is 0 Å². The molecule has 5 heteroatoms. The predicted molar refractivity (Wildman–Crippen MR) is 70.3 cm³/mol. The molecule has 0 aromatic carbocycles. The van der Waals surface area contributed by atoms with E-state index in [9.17, 15) is 4.79 Å². The Morgan fingerprint density at radius 1 is 1.56 bits per heavy atom. The average molecular weight is 250 g/mol. The largest absolute Gasteiger partial charge is 0.344 e. The Hall–Kier alpha value is -1.52. The number of aromatic amines is 1. The molecule has 1 aromatic heterocycles. The molecule has 100 valence electrons. The van der Waals surface area contributed by atoms with E-state index in [0.29, 0.717) is 6.04 Å². The summed E-state index contributed by atoms with van der Waals surface area (Å²) in [6.07, 6.45) is 7.26. The molecule has 0 radical (unpaired) electrons. The zero-order valence-corrected chi connectivity index (χ0v) is 11.1. The van der Waals surface area contributed by atoms with Crippen LogP contribution in [0.2, 0.25) is 0 Å². The molecule has 2 rings (SSSR count). The van der Waals surface area contributed by atoms with Crippen LogP contribution in [0.25, 0.3) is 0 Å². The van der Waals surface area contributed by atoms with E-state index in [4.69, 9.17) is 0 Å². The Balaban J connectivity index is 1.87. The Morgan fingerprint density at radius 2 is 2.28 bits per heavy atom. The van der Waals surface area contributed by atoms with Gasteiger partial charge in [-0.25, -0.2) is 9.78 Å². The fraction of sp³-hybridized carbons (Fsp3) is 0.692. The van der Waals surface area contributed by atoms with E-state index in [2.05, 4.69) is 20.6 Å². The van der Waals surface area contributed by atoms with Gasteiger partial charge >= 0.3 is 6.03 Å². The second-order valence-electron chi connectivity index (χ2n) is 5.01. The highest BCUT2D eigenvalue weighted by molar-refractivity contribution is 5.74. The monoisotopic (exact) mass is 250 g/mol. The van der Waals surface area contributed by atoms with Gasteiger partial charge in [-0.1, -0.05) is 19.8 Å². The SMILES string of the molecule is CC[C@H](NC(=O)NC1CCCC1)c1ncc(C)[nH]1. The third-order valence-electron chi connectivity index (χ3n) is 3.46. The molecule has 1 heterocycles. The molecule has 0 spiro atoms. The van der Waals surface area contributed by atoms with Crippen LogP contribution in [0.3, 0.4) is 0 Å². The number of amides is 2. The zero-order chi connectivity index (χ0) is 13.0. The molecule has 2 amide bonds. The molecule has 3 N–H and O–H groups in total. The molecule has 5 nitrogen and oxygen atoms in total. The lowest BCUT2D eigenvalue weighted by Gasteiger charge is -2.18. The number of carbonyl (C=O) groups excluding carboxylic acids is 1. The van der Waals surface area contributed by atoms with Crippen molar-refractivity contribution in [3.63, 3.8) is 0 Å². The van der Waals surface area contributed by atoms with Crippen molar-refractivity contribution in [3.05, 3.63) is 17.7 Å². The van der Waals surface area contributed by atoms with Crippen molar-refractivity contribution in [2.45, 2.75) is 58.0 Å². The molecular formula is C13H22N4O. The van der Waals surface area contributed by atoms with Gasteiger partial charge in [0.25, 0.3) is 0 Å². The van der Waals surface area contributed by atoms with Crippen LogP contribution in [0.5, 0.6) is 0 Å². The summed E-state index contributed by atoms with van der Waals surface area (Å²) in [5.74, 6) is 0.830. The van der Waals surface area contributed by atoms with Gasteiger partial charge in [0.1, 0.15) is 5.82 Å². The van der Waals surface area contributed by atoms with Crippen molar-refractivity contribution in [3.8, 4) is 0 Å². The van der Waals surface area contributed by atoms with Crippen LogP contribution in [0, 0.1) is 6.92 Å². The van der Waals surface area contributed by atoms with Gasteiger partial charge in [-0.3, -0.25) is 0 Å². The first-order chi connectivity index (χ1) is 8.69. The molecule has 1 atom stereocenters. The number of urea groups is 1. The lowest BCUT2D eigenvalue weighted by atomic mass is 10.2. The maximum atomic E-state index is 11.9. The first kappa shape index (κ1) is 12.9. The number of hydrogen-bond acceptors (Lipinski definition) is 2. The smallest absolute Gasteiger partial charge is 0.315 e. The number of H-pyrrole nitrogens is 1. The number of imidazole rings is 1. The summed E-state index contributed by atoms with van der Waals surface area (Å²) in [7, 11) is 0. The second-order valence-corrected chi connectivity index (χ2v) is 5.01. The van der Waals surface area contributed by atoms with Gasteiger partial charge in [0.2, 0.25) is 0 Å². The topological polar surface area (TPSA) is 69.8 Å². The predicted octanol–water partition coefficient (Wildman–Crippen LogP) is 2.41. The van der Waals surface area contributed by atoms with Gasteiger partial charge in [0, 0.05) is 17.9 Å². The van der Waals surface area contributed by atoms with E-state index in [1.165, 1.54) is 12.8 Å². The Bertz CT molecular complexity index is 395. The molecule has 18 heavy (non-hydrogen) atoms. The Kier molecular flexibility index (Phi) is 4.23. The zero-order valence-electron chi connectivity index (χ0n) is 11.1. The summed E-state index contributed by atoms with van der Waals surface area (Å²) in [5.41, 5.74) is 1.02. The highest BCUT2D eigenvalue weighted by atomic mass is 16.2. The average Bonchev–Trinajstić information content (AvgIpc) is 2.97. The third-order valence-corrected chi connectivity index (χ3v) is 3.46. The molecule has 1 aromatic rings. The Morgan fingerprint density at radius 3 is 2.83 bits per heavy atom. The summed E-state index contributed by atoms with van der Waals surface area (Å²) in [6.45, 7) is 4.00. The van der Waals surface area contributed by atoms with E-state index in [1.807, 2.05) is 13.8 Å². The first-order valence-electron chi connectivity index (χ1n) is 6.77. The standard InChI is InChI=1S/C13H22N4O/c1-3-11(12-14-8-9(2)15-12)17-13(18)16-10-6-4-5-7-10/h8,10-11H,3-7H2,1-2H3,(H,14,15)(H2,16,17,18)/t11-/m0/s1. The van der Waals surface area contributed by atoms with E-state index in [1.54, 1.807) is 6.20 Å². The number of hydrogen-bond donors (Lipinski definition) is 3. The number of aryl methyl sites for hydroxylation is 1. The van der Waals surface area contributed by atoms with Crippen LogP contribution >= 0.6 is 0 Å². The molecule has 1 aliphatic rings. The minimum absolute atomic E-state index is 0.0416. The summed E-state index contributed by atoms with van der Waals surface area (Å²) in [6, 6.07) is 0.226. The van der Waals surface area contributed by atoms with Crippen LogP contribution in [-0.2, 0) is 0 Å². The van der Waals surface area contributed by atoms with E-state index >= 15 is 0 Å². The van der Waals surface area contributed by atoms with Crippen LogP contribution in [0.1, 0.15) is 56.6 Å². The van der Waals surface area contributed by atoms with E-state index in [0.717, 1.165) is 30.8 Å². The highest BCUT2D eigenvalue weighted by Gasteiger charge is 2.20. The highest BCUT2D eigenvalue weighted by Crippen LogP contribution is 2.18. The van der Waals surface area contributed by atoms with Crippen molar-refractivity contribution in [2.75, 3.05) is 0 Å². The van der Waals surface area contributed by atoms with Gasteiger partial charge in [0.05, 0.1) is 6.04 Å². The van der Waals surface area contributed by atoms with Gasteiger partial charge in [0.15, 0.2) is 0 Å². The van der Waals surface area contributed by atoms with Crippen molar-refractivity contribution in [2.24, 2.45) is 0 Å². The fourth-order valence-electron chi connectivity index (χ4n) is 2.43. The molecule has 1 aliphatic carbocycles. The quantitative estimate of drug-likeness (QED) is 0.768. The number of nitrogens with one attached hydrogen (secondary N) is 3. The molecule has 0 unspecified atom stereocenters. The maximum absolute atomic E-state index is 11.9. The van der Waals surface area contributed by atoms with Gasteiger partial charge in [-0.2, -0.15) is 0 Å². The minimum atomic E-state index is -0.0807. The van der Waals surface area contributed by atoms with Crippen molar-refractivity contribution >= 4 is 6.03 Å². The van der Waals surface area contributed by atoms with E-state index < -0.39 is 0 Å². The lowest BCUT2D eigenvalue weighted by molar-refractivity contribution is 0.232. The normalized spacial score (nSPS) is 17.7. The number of rotatable bonds is 4. The molecule has 0 bridgehead atoms. The minimum Gasteiger partial charge on any atom is -0.344 e. The lowest BCUT2D eigenvalue weighted by Crippen LogP contribution is -2.42. The molecule has 0 saturated heterocycles. The first-order valence-corrected chi connectivity index (χ1v) is 6.77. The van der Waals surface area contributed by atoms with E-state index in [-0.39, 0.29) is 12.1 Å². The fourth-order valence-corrected chi connectivity index (χ4v) is 2.43. The molecule has 1 fully saturated rings. The van der Waals surface area contributed by atoms with Gasteiger partial charge < -0.3 is 15.6 Å². The third kappa shape index (κ3) is 3.24. The van der Waals surface area contributed by atoms with Crippen LogP contribution in [0.4, 0.5) is 4.79 Å². The number of nitrogens with zero attached hydrogens (tertiary/aromatic N) is 1. The van der Waals surface area contributed by atoms with Crippen LogP contribution < -0.4 is 10.6 Å². The van der Waals surface area contributed by atoms with Crippen molar-refractivity contribution in [1.82, 2.24) is 20.6 Å². The van der Waals surface area contributed by atoms with Crippen molar-refractivity contribution < 1.29 is 4.79 Å². The van der Waals surface area contributed by atoms with Crippen LogP contribution in [-0.4, -0.2) is 22.0 Å². The molecule has 1 saturated carbocycles. The molecule has 0 aliphatic heterocycles. The summed E-state index contributed by atoms with van der Waals surface area (Å²) in [4.78, 5) is 19.3. The number of carbonyl (C=O) groups is 1. The summed E-state index contributed by atoms with van der Waals surface area (Å²) >= 11 is 0. The van der Waals surface area contributed by atoms with Crippen LogP contribution in [0.15, 0.2) is 6.20 Å². The summed E-state index contributed by atoms with van der Waals surface area (Å²) < 4.78 is 0. The van der Waals surface area contributed by atoms with Gasteiger partial charge in [-0.05, 0) is 26.2 Å². The molecular weight excluding hydrogens is 228 g/mol. The second kappa shape index (κ2) is 5.89. The Labute approximate surface area is 108 Å². The maximum Gasteiger partial charge on any atom is 0.315 e.